The SMILES string of the molecule is C=C1CCC[C@]2(C)C[C@H]3OC(=O)[C@H](CN[C@H](C)CCCC(C)C)[C@H]3C[C@H]12. The highest BCUT2D eigenvalue weighted by Gasteiger charge is 2.54. The summed E-state index contributed by atoms with van der Waals surface area (Å²) >= 11 is 0. The minimum Gasteiger partial charge on any atom is -0.462 e. The van der Waals surface area contributed by atoms with Gasteiger partial charge in [0.25, 0.3) is 0 Å². The third kappa shape index (κ3) is 4.18. The fourth-order valence-corrected chi connectivity index (χ4v) is 5.75. The molecular formula is C23H39NO2. The van der Waals surface area contributed by atoms with E-state index in [4.69, 9.17) is 4.74 Å². The standard InChI is InChI=1S/C23H39NO2/c1-15(2)8-6-10-17(4)24-14-19-18-12-20-16(3)9-7-11-23(20,5)13-21(18)26-22(19)25/h15,17-21,24H,3,6-14H2,1-2,4-5H3/t17-,18-,19-,20-,21-,23-/m1/s1. The van der Waals surface area contributed by atoms with Gasteiger partial charge in [-0.3, -0.25) is 4.79 Å². The number of ether oxygens (including phenoxy) is 1. The maximum absolute atomic E-state index is 12.6. The van der Waals surface area contributed by atoms with Gasteiger partial charge in [-0.2, -0.15) is 0 Å². The smallest absolute Gasteiger partial charge is 0.310 e. The molecule has 3 nitrogen and oxygen atoms in total. The fraction of sp³-hybridized carbons (Fsp3) is 0.870. The van der Waals surface area contributed by atoms with Gasteiger partial charge in [0.05, 0.1) is 5.92 Å². The van der Waals surface area contributed by atoms with Crippen molar-refractivity contribution in [3.8, 4) is 0 Å². The van der Waals surface area contributed by atoms with Crippen LogP contribution in [-0.4, -0.2) is 24.7 Å². The van der Waals surface area contributed by atoms with Gasteiger partial charge in [0.15, 0.2) is 0 Å². The van der Waals surface area contributed by atoms with E-state index in [0.717, 1.165) is 25.3 Å². The molecule has 0 unspecified atom stereocenters. The summed E-state index contributed by atoms with van der Waals surface area (Å²) in [6.07, 6.45) is 9.67. The summed E-state index contributed by atoms with van der Waals surface area (Å²) in [7, 11) is 0. The number of carbonyl (C=O) groups excluding carboxylic acids is 1. The van der Waals surface area contributed by atoms with Crippen LogP contribution >= 0.6 is 0 Å². The quantitative estimate of drug-likeness (QED) is 0.506. The highest BCUT2D eigenvalue weighted by atomic mass is 16.6. The minimum absolute atomic E-state index is 0.0341. The van der Waals surface area contributed by atoms with Crippen molar-refractivity contribution >= 4 is 5.97 Å². The summed E-state index contributed by atoms with van der Waals surface area (Å²) in [4.78, 5) is 12.6. The first-order chi connectivity index (χ1) is 12.3. The molecule has 26 heavy (non-hydrogen) atoms. The van der Waals surface area contributed by atoms with E-state index >= 15 is 0 Å². The second-order valence-corrected chi connectivity index (χ2v) is 10.0. The molecule has 1 heterocycles. The molecule has 1 N–H and O–H groups in total. The van der Waals surface area contributed by atoms with Crippen molar-refractivity contribution in [1.82, 2.24) is 5.32 Å². The van der Waals surface area contributed by atoms with Crippen molar-refractivity contribution in [2.45, 2.75) is 91.2 Å². The largest absolute Gasteiger partial charge is 0.462 e. The number of carbonyl (C=O) groups is 1. The molecule has 0 aromatic carbocycles. The van der Waals surface area contributed by atoms with Crippen LogP contribution in [0.15, 0.2) is 12.2 Å². The third-order valence-electron chi connectivity index (χ3n) is 7.42. The lowest BCUT2D eigenvalue weighted by atomic mass is 9.55. The van der Waals surface area contributed by atoms with E-state index in [-0.39, 0.29) is 18.0 Å². The average molecular weight is 362 g/mol. The zero-order chi connectivity index (χ0) is 18.9. The molecule has 0 amide bonds. The second kappa shape index (κ2) is 8.04. The molecule has 2 saturated carbocycles. The highest BCUT2D eigenvalue weighted by molar-refractivity contribution is 5.75. The summed E-state index contributed by atoms with van der Waals surface area (Å²) in [5.74, 6) is 1.80. The maximum Gasteiger partial charge on any atom is 0.310 e. The van der Waals surface area contributed by atoms with Gasteiger partial charge in [-0.25, -0.2) is 0 Å². The molecule has 3 fully saturated rings. The van der Waals surface area contributed by atoms with E-state index in [2.05, 4.69) is 39.6 Å². The molecule has 3 heteroatoms. The molecule has 0 radical (unpaired) electrons. The Labute approximate surface area is 160 Å². The fourth-order valence-electron chi connectivity index (χ4n) is 5.75. The lowest BCUT2D eigenvalue weighted by molar-refractivity contribution is -0.146. The van der Waals surface area contributed by atoms with Gasteiger partial charge in [0.2, 0.25) is 0 Å². The van der Waals surface area contributed by atoms with Crippen molar-refractivity contribution in [1.29, 1.82) is 0 Å². The van der Waals surface area contributed by atoms with E-state index in [1.807, 2.05) is 0 Å². The van der Waals surface area contributed by atoms with Gasteiger partial charge in [0, 0.05) is 18.5 Å². The summed E-state index contributed by atoms with van der Waals surface area (Å²) in [5, 5.41) is 3.63. The third-order valence-corrected chi connectivity index (χ3v) is 7.42. The lowest BCUT2D eigenvalue weighted by Gasteiger charge is -2.50. The molecule has 3 aliphatic rings. The van der Waals surface area contributed by atoms with E-state index in [1.54, 1.807) is 0 Å². The van der Waals surface area contributed by atoms with Crippen molar-refractivity contribution in [2.75, 3.05) is 6.54 Å². The highest BCUT2D eigenvalue weighted by Crippen LogP contribution is 2.56. The van der Waals surface area contributed by atoms with Gasteiger partial charge in [0.1, 0.15) is 6.10 Å². The van der Waals surface area contributed by atoms with Gasteiger partial charge >= 0.3 is 5.97 Å². The predicted octanol–water partition coefficient (Wildman–Crippen LogP) is 5.11. The molecule has 0 aromatic heterocycles. The summed E-state index contributed by atoms with van der Waals surface area (Å²) in [6, 6.07) is 0.471. The molecule has 6 atom stereocenters. The van der Waals surface area contributed by atoms with Gasteiger partial charge in [-0.1, -0.05) is 45.8 Å². The zero-order valence-corrected chi connectivity index (χ0v) is 17.4. The van der Waals surface area contributed by atoms with Crippen molar-refractivity contribution in [3.63, 3.8) is 0 Å². The number of nitrogens with one attached hydrogen (secondary N) is 1. The lowest BCUT2D eigenvalue weighted by Crippen LogP contribution is -2.45. The monoisotopic (exact) mass is 361 g/mol. The van der Waals surface area contributed by atoms with Gasteiger partial charge in [-0.15, -0.1) is 0 Å². The number of hydrogen-bond donors (Lipinski definition) is 1. The maximum atomic E-state index is 12.6. The van der Waals surface area contributed by atoms with Crippen LogP contribution in [0.25, 0.3) is 0 Å². The van der Waals surface area contributed by atoms with E-state index in [9.17, 15) is 4.79 Å². The first-order valence-corrected chi connectivity index (χ1v) is 10.9. The summed E-state index contributed by atoms with van der Waals surface area (Å²) in [6.45, 7) is 14.4. The Bertz CT molecular complexity index is 528. The Balaban J connectivity index is 1.56. The van der Waals surface area contributed by atoms with E-state index in [0.29, 0.717) is 23.3 Å². The van der Waals surface area contributed by atoms with E-state index < -0.39 is 0 Å². The minimum atomic E-state index is 0.0341. The van der Waals surface area contributed by atoms with Crippen LogP contribution in [0.5, 0.6) is 0 Å². The Morgan fingerprint density at radius 1 is 1.31 bits per heavy atom. The Kier molecular flexibility index (Phi) is 6.16. The molecule has 2 aliphatic carbocycles. The first kappa shape index (κ1) is 19.9. The summed E-state index contributed by atoms with van der Waals surface area (Å²) < 4.78 is 5.86. The van der Waals surface area contributed by atoms with Crippen LogP contribution in [0.2, 0.25) is 0 Å². The van der Waals surface area contributed by atoms with Crippen LogP contribution in [0.3, 0.4) is 0 Å². The summed E-state index contributed by atoms with van der Waals surface area (Å²) in [5.41, 5.74) is 1.72. The van der Waals surface area contributed by atoms with Gasteiger partial charge in [-0.05, 0) is 62.7 Å². The molecular weight excluding hydrogens is 322 g/mol. The van der Waals surface area contributed by atoms with Crippen molar-refractivity contribution in [3.05, 3.63) is 12.2 Å². The second-order valence-electron chi connectivity index (χ2n) is 10.0. The van der Waals surface area contributed by atoms with Crippen LogP contribution < -0.4 is 5.32 Å². The van der Waals surface area contributed by atoms with E-state index in [1.165, 1.54) is 44.1 Å². The Morgan fingerprint density at radius 3 is 2.81 bits per heavy atom. The van der Waals surface area contributed by atoms with Crippen LogP contribution in [0, 0.1) is 29.1 Å². The molecule has 1 saturated heterocycles. The van der Waals surface area contributed by atoms with Crippen LogP contribution in [0.4, 0.5) is 0 Å². The number of hydrogen-bond acceptors (Lipinski definition) is 3. The molecule has 0 aromatic rings. The Hall–Kier alpha value is -0.830. The van der Waals surface area contributed by atoms with Crippen LogP contribution in [-0.2, 0) is 9.53 Å². The first-order valence-electron chi connectivity index (χ1n) is 10.9. The molecule has 148 valence electrons. The predicted molar refractivity (Wildman–Crippen MR) is 107 cm³/mol. The number of rotatable bonds is 7. The average Bonchev–Trinajstić information content (AvgIpc) is 2.84. The van der Waals surface area contributed by atoms with Crippen molar-refractivity contribution in [2.24, 2.45) is 29.1 Å². The van der Waals surface area contributed by atoms with Crippen molar-refractivity contribution < 1.29 is 9.53 Å². The topological polar surface area (TPSA) is 38.3 Å². The van der Waals surface area contributed by atoms with Gasteiger partial charge < -0.3 is 10.1 Å². The Morgan fingerprint density at radius 2 is 2.08 bits per heavy atom. The molecule has 0 bridgehead atoms. The van der Waals surface area contributed by atoms with Crippen LogP contribution in [0.1, 0.15) is 79.1 Å². The zero-order valence-electron chi connectivity index (χ0n) is 17.4. The number of esters is 1. The normalized spacial score (nSPS) is 38.0. The molecule has 1 aliphatic heterocycles. The number of fused-ring (bicyclic) bond motifs is 2. The number of allylic oxidation sites excluding steroid dienone is 1. The molecule has 3 rings (SSSR count). The molecule has 0 spiro atoms.